The topological polar surface area (TPSA) is 100 Å². The highest BCUT2D eigenvalue weighted by atomic mass is 16.6. The molecule has 0 bridgehead atoms. The fourth-order valence-electron chi connectivity index (χ4n) is 2.75. The molecule has 3 heterocycles. The van der Waals surface area contributed by atoms with Gasteiger partial charge in [0.2, 0.25) is 0 Å². The molecule has 0 atom stereocenters. The molecule has 0 aliphatic carbocycles. The number of carbonyl (C=O) groups excluding carboxylic acids is 2. The molecule has 1 aliphatic rings. The first-order valence-corrected chi connectivity index (χ1v) is 8.54. The number of aromatic amines is 1. The third-order valence-electron chi connectivity index (χ3n) is 4.00. The van der Waals surface area contributed by atoms with E-state index in [9.17, 15) is 9.59 Å². The number of carbonyl (C=O) groups is 2. The first-order valence-electron chi connectivity index (χ1n) is 8.54. The maximum absolute atomic E-state index is 12.4. The summed E-state index contributed by atoms with van der Waals surface area (Å²) in [6.07, 6.45) is 3.57. The van der Waals surface area contributed by atoms with E-state index in [4.69, 9.17) is 4.74 Å². The molecule has 0 saturated carbocycles. The van der Waals surface area contributed by atoms with Crippen molar-refractivity contribution in [2.45, 2.75) is 45.9 Å². The van der Waals surface area contributed by atoms with Gasteiger partial charge in [-0.3, -0.25) is 14.9 Å². The average molecular weight is 357 g/mol. The number of hydrogen-bond acceptors (Lipinski definition) is 5. The van der Waals surface area contributed by atoms with Gasteiger partial charge in [-0.2, -0.15) is 5.10 Å². The number of amides is 2. The van der Waals surface area contributed by atoms with Crippen LogP contribution < -0.4 is 5.32 Å². The van der Waals surface area contributed by atoms with Gasteiger partial charge in [0.05, 0.1) is 12.2 Å². The second-order valence-corrected chi connectivity index (χ2v) is 7.22. The Bertz CT molecular complexity index is 795. The number of rotatable bonds is 3. The molecule has 0 aromatic carbocycles. The van der Waals surface area contributed by atoms with Gasteiger partial charge in [0.1, 0.15) is 5.60 Å². The normalized spacial score (nSPS) is 13.9. The third kappa shape index (κ3) is 4.19. The monoisotopic (exact) mass is 357 g/mol. The van der Waals surface area contributed by atoms with Crippen molar-refractivity contribution < 1.29 is 14.3 Å². The van der Waals surface area contributed by atoms with Crippen LogP contribution in [0.15, 0.2) is 24.5 Å². The smallest absolute Gasteiger partial charge is 0.410 e. The van der Waals surface area contributed by atoms with Gasteiger partial charge < -0.3 is 15.0 Å². The molecule has 26 heavy (non-hydrogen) atoms. The summed E-state index contributed by atoms with van der Waals surface area (Å²) in [5, 5.41) is 9.90. The maximum Gasteiger partial charge on any atom is 0.410 e. The van der Waals surface area contributed by atoms with Gasteiger partial charge in [0.25, 0.3) is 5.91 Å². The molecule has 8 heteroatoms. The summed E-state index contributed by atoms with van der Waals surface area (Å²) >= 11 is 0. The van der Waals surface area contributed by atoms with E-state index in [1.54, 1.807) is 17.3 Å². The largest absolute Gasteiger partial charge is 0.444 e. The van der Waals surface area contributed by atoms with Crippen LogP contribution in [-0.2, 0) is 24.2 Å². The minimum atomic E-state index is -0.538. The van der Waals surface area contributed by atoms with Crippen LogP contribution in [-0.4, -0.2) is 44.2 Å². The molecule has 2 aromatic heterocycles. The molecule has 2 amide bonds. The zero-order valence-electron chi connectivity index (χ0n) is 15.2. The molecular weight excluding hydrogens is 334 g/mol. The number of aromatic nitrogens is 3. The van der Waals surface area contributed by atoms with E-state index in [2.05, 4.69) is 20.5 Å². The Morgan fingerprint density at radius 1 is 1.31 bits per heavy atom. The number of H-pyrrole nitrogens is 1. The summed E-state index contributed by atoms with van der Waals surface area (Å²) < 4.78 is 5.40. The quantitative estimate of drug-likeness (QED) is 0.875. The molecule has 0 unspecified atom stereocenters. The summed E-state index contributed by atoms with van der Waals surface area (Å²) in [6, 6.07) is 3.69. The number of fused-ring (bicyclic) bond motifs is 1. The van der Waals surface area contributed by atoms with Crippen LogP contribution in [0, 0.1) is 0 Å². The lowest BCUT2D eigenvalue weighted by Crippen LogP contribution is -2.40. The summed E-state index contributed by atoms with van der Waals surface area (Å²) in [5.74, 6) is -0.231. The van der Waals surface area contributed by atoms with Crippen LogP contribution in [0.4, 0.5) is 4.79 Å². The average Bonchev–Trinajstić information content (AvgIpc) is 3.02. The van der Waals surface area contributed by atoms with E-state index in [1.807, 2.05) is 32.9 Å². The van der Waals surface area contributed by atoms with Crippen LogP contribution in [0.2, 0.25) is 0 Å². The SMILES string of the molecule is CC(C)(C)OC(=O)N1CCc2c(C(=O)NCc3ccncc3)n[nH]c2C1. The molecule has 0 saturated heterocycles. The highest BCUT2D eigenvalue weighted by molar-refractivity contribution is 5.94. The van der Waals surface area contributed by atoms with Crippen molar-refractivity contribution in [2.75, 3.05) is 6.54 Å². The molecule has 2 N–H and O–H groups in total. The predicted octanol–water partition coefficient (Wildman–Crippen LogP) is 2.03. The maximum atomic E-state index is 12.4. The van der Waals surface area contributed by atoms with Crippen LogP contribution in [0.3, 0.4) is 0 Å². The Morgan fingerprint density at radius 2 is 2.04 bits per heavy atom. The third-order valence-corrected chi connectivity index (χ3v) is 4.00. The van der Waals surface area contributed by atoms with Gasteiger partial charge in [-0.05, 0) is 44.9 Å². The van der Waals surface area contributed by atoms with Gasteiger partial charge in [-0.15, -0.1) is 0 Å². The standard InChI is InChI=1S/C18H23N5O3/c1-18(2,3)26-17(25)23-9-6-13-14(11-23)21-22-15(13)16(24)20-10-12-4-7-19-8-5-12/h4-5,7-8H,6,9-11H2,1-3H3,(H,20,24)(H,21,22). The van der Waals surface area contributed by atoms with Gasteiger partial charge in [0.15, 0.2) is 5.69 Å². The lowest BCUT2D eigenvalue weighted by atomic mass is 10.0. The molecule has 138 valence electrons. The van der Waals surface area contributed by atoms with Crippen LogP contribution in [0.25, 0.3) is 0 Å². The van der Waals surface area contributed by atoms with Gasteiger partial charge in [-0.1, -0.05) is 0 Å². The molecular formula is C18H23N5O3. The summed E-state index contributed by atoms with van der Waals surface area (Å²) in [6.45, 7) is 6.76. The van der Waals surface area contributed by atoms with E-state index in [0.29, 0.717) is 31.7 Å². The van der Waals surface area contributed by atoms with Crippen molar-refractivity contribution in [3.8, 4) is 0 Å². The van der Waals surface area contributed by atoms with Crippen molar-refractivity contribution in [1.82, 2.24) is 25.4 Å². The van der Waals surface area contributed by atoms with Crippen LogP contribution in [0.1, 0.15) is 48.1 Å². The van der Waals surface area contributed by atoms with Gasteiger partial charge in [0, 0.05) is 31.0 Å². The summed E-state index contributed by atoms with van der Waals surface area (Å²) in [7, 11) is 0. The number of pyridine rings is 1. The highest BCUT2D eigenvalue weighted by Crippen LogP contribution is 2.22. The van der Waals surface area contributed by atoms with Gasteiger partial charge in [-0.25, -0.2) is 4.79 Å². The fourth-order valence-corrected chi connectivity index (χ4v) is 2.75. The zero-order valence-corrected chi connectivity index (χ0v) is 15.2. The Hall–Kier alpha value is -2.90. The molecule has 0 fully saturated rings. The van der Waals surface area contributed by atoms with E-state index in [-0.39, 0.29) is 12.0 Å². The van der Waals surface area contributed by atoms with Crippen LogP contribution in [0.5, 0.6) is 0 Å². The van der Waals surface area contributed by atoms with Crippen molar-refractivity contribution >= 4 is 12.0 Å². The molecule has 2 aromatic rings. The Balaban J connectivity index is 1.63. The van der Waals surface area contributed by atoms with Crippen LogP contribution >= 0.6 is 0 Å². The minimum absolute atomic E-state index is 0.231. The first-order chi connectivity index (χ1) is 12.3. The highest BCUT2D eigenvalue weighted by Gasteiger charge is 2.29. The second kappa shape index (κ2) is 7.15. The van der Waals surface area contributed by atoms with E-state index in [0.717, 1.165) is 16.8 Å². The number of hydrogen-bond donors (Lipinski definition) is 2. The Labute approximate surface area is 151 Å². The van der Waals surface area contributed by atoms with E-state index < -0.39 is 5.60 Å². The molecule has 3 rings (SSSR count). The van der Waals surface area contributed by atoms with E-state index >= 15 is 0 Å². The Kier molecular flexibility index (Phi) is 4.92. The number of nitrogens with one attached hydrogen (secondary N) is 2. The number of ether oxygens (including phenoxy) is 1. The first kappa shape index (κ1) is 17.9. The molecule has 0 spiro atoms. The predicted molar refractivity (Wildman–Crippen MR) is 94.3 cm³/mol. The lowest BCUT2D eigenvalue weighted by Gasteiger charge is -2.29. The Morgan fingerprint density at radius 3 is 2.73 bits per heavy atom. The van der Waals surface area contributed by atoms with Crippen molar-refractivity contribution in [2.24, 2.45) is 0 Å². The molecule has 8 nitrogen and oxygen atoms in total. The zero-order chi connectivity index (χ0) is 18.7. The molecule has 1 aliphatic heterocycles. The second-order valence-electron chi connectivity index (χ2n) is 7.22. The minimum Gasteiger partial charge on any atom is -0.444 e. The van der Waals surface area contributed by atoms with E-state index in [1.165, 1.54) is 0 Å². The summed E-state index contributed by atoms with van der Waals surface area (Å²) in [5.41, 5.74) is 2.45. The number of nitrogens with zero attached hydrogens (tertiary/aromatic N) is 3. The molecule has 0 radical (unpaired) electrons. The van der Waals surface area contributed by atoms with Gasteiger partial charge >= 0.3 is 6.09 Å². The van der Waals surface area contributed by atoms with Crippen molar-refractivity contribution in [3.05, 3.63) is 47.0 Å². The lowest BCUT2D eigenvalue weighted by molar-refractivity contribution is 0.0221. The van der Waals surface area contributed by atoms with Crippen molar-refractivity contribution in [3.63, 3.8) is 0 Å². The van der Waals surface area contributed by atoms with Crippen molar-refractivity contribution in [1.29, 1.82) is 0 Å². The fraction of sp³-hybridized carbons (Fsp3) is 0.444. The summed E-state index contributed by atoms with van der Waals surface area (Å²) in [4.78, 5) is 30.2.